The molecule has 2 unspecified atom stereocenters. The molecular weight excluding hydrogens is 190 g/mol. The van der Waals surface area contributed by atoms with Gasteiger partial charge >= 0.3 is 0 Å². The lowest BCUT2D eigenvalue weighted by molar-refractivity contribution is -0.124. The van der Waals surface area contributed by atoms with Gasteiger partial charge in [-0.25, -0.2) is 0 Å². The minimum absolute atomic E-state index is 0.261. The second-order valence-electron chi connectivity index (χ2n) is 4.69. The van der Waals surface area contributed by atoms with Crippen LogP contribution in [0.4, 0.5) is 0 Å². The van der Waals surface area contributed by atoms with Crippen molar-refractivity contribution >= 4 is 5.91 Å². The fourth-order valence-electron chi connectivity index (χ4n) is 2.24. The summed E-state index contributed by atoms with van der Waals surface area (Å²) in [5.74, 6) is -0.261. The highest BCUT2D eigenvalue weighted by Gasteiger charge is 2.34. The predicted molar refractivity (Wildman–Crippen MR) is 61.5 cm³/mol. The molecule has 0 saturated carbocycles. The molecule has 1 saturated heterocycles. The zero-order chi connectivity index (χ0) is 11.5. The number of likely N-dealkylation sites (tertiary alicyclic amines) is 1. The van der Waals surface area contributed by atoms with Crippen LogP contribution >= 0.6 is 0 Å². The standard InChI is InChI=1S/C11H23N3O/c1-4-13-11(3,10(12)15)8-14-7-5-6-9(14)2/h9,13H,4-8H2,1-3H3,(H2,12,15). The van der Waals surface area contributed by atoms with Crippen LogP contribution in [0.2, 0.25) is 0 Å². The summed E-state index contributed by atoms with van der Waals surface area (Å²) in [7, 11) is 0. The molecule has 0 spiro atoms. The summed E-state index contributed by atoms with van der Waals surface area (Å²) in [5.41, 5.74) is 4.86. The van der Waals surface area contributed by atoms with Gasteiger partial charge in [-0.1, -0.05) is 6.92 Å². The number of likely N-dealkylation sites (N-methyl/N-ethyl adjacent to an activating group) is 1. The first-order chi connectivity index (χ1) is 6.99. The second kappa shape index (κ2) is 4.94. The van der Waals surface area contributed by atoms with Gasteiger partial charge in [-0.15, -0.1) is 0 Å². The number of nitrogens with zero attached hydrogens (tertiary/aromatic N) is 1. The average Bonchev–Trinajstić information content (AvgIpc) is 2.52. The molecule has 0 aromatic heterocycles. The van der Waals surface area contributed by atoms with Crippen LogP contribution in [0.15, 0.2) is 0 Å². The Labute approximate surface area is 92.2 Å². The van der Waals surface area contributed by atoms with Crippen molar-refractivity contribution in [2.24, 2.45) is 5.73 Å². The number of nitrogens with one attached hydrogen (secondary N) is 1. The number of hydrogen-bond donors (Lipinski definition) is 2. The van der Waals surface area contributed by atoms with Crippen LogP contribution in [0.5, 0.6) is 0 Å². The van der Waals surface area contributed by atoms with Gasteiger partial charge in [-0.05, 0) is 39.8 Å². The van der Waals surface area contributed by atoms with Crippen LogP contribution < -0.4 is 11.1 Å². The van der Waals surface area contributed by atoms with Gasteiger partial charge in [0.05, 0.1) is 0 Å². The van der Waals surface area contributed by atoms with Gasteiger partial charge in [0.1, 0.15) is 5.54 Å². The smallest absolute Gasteiger partial charge is 0.238 e. The Balaban J connectivity index is 2.61. The zero-order valence-electron chi connectivity index (χ0n) is 10.0. The first kappa shape index (κ1) is 12.5. The summed E-state index contributed by atoms with van der Waals surface area (Å²) in [6.45, 7) is 8.66. The number of hydrogen-bond acceptors (Lipinski definition) is 3. The maximum atomic E-state index is 11.4. The fourth-order valence-corrected chi connectivity index (χ4v) is 2.24. The van der Waals surface area contributed by atoms with Crippen molar-refractivity contribution in [3.63, 3.8) is 0 Å². The fraction of sp³-hybridized carbons (Fsp3) is 0.909. The monoisotopic (exact) mass is 213 g/mol. The van der Waals surface area contributed by atoms with E-state index in [4.69, 9.17) is 5.73 Å². The largest absolute Gasteiger partial charge is 0.368 e. The zero-order valence-corrected chi connectivity index (χ0v) is 10.0. The molecule has 0 aromatic carbocycles. The highest BCUT2D eigenvalue weighted by molar-refractivity contribution is 5.84. The Kier molecular flexibility index (Phi) is 4.11. The summed E-state index contributed by atoms with van der Waals surface area (Å²) < 4.78 is 0. The summed E-state index contributed by atoms with van der Waals surface area (Å²) in [4.78, 5) is 13.8. The number of amides is 1. The molecule has 0 radical (unpaired) electrons. The van der Waals surface area contributed by atoms with Crippen molar-refractivity contribution in [2.45, 2.75) is 45.2 Å². The lowest BCUT2D eigenvalue weighted by atomic mass is 10.0. The van der Waals surface area contributed by atoms with Crippen LogP contribution in [-0.4, -0.2) is 42.0 Å². The van der Waals surface area contributed by atoms with E-state index in [9.17, 15) is 4.79 Å². The third-order valence-electron chi connectivity index (χ3n) is 3.32. The van der Waals surface area contributed by atoms with E-state index >= 15 is 0 Å². The van der Waals surface area contributed by atoms with E-state index in [1.165, 1.54) is 12.8 Å². The molecule has 1 rings (SSSR count). The van der Waals surface area contributed by atoms with Crippen molar-refractivity contribution in [1.29, 1.82) is 0 Å². The first-order valence-electron chi connectivity index (χ1n) is 5.78. The Morgan fingerprint density at radius 1 is 1.67 bits per heavy atom. The van der Waals surface area contributed by atoms with Gasteiger partial charge < -0.3 is 11.1 Å². The topological polar surface area (TPSA) is 58.4 Å². The molecule has 88 valence electrons. The van der Waals surface area contributed by atoms with E-state index in [1.54, 1.807) is 0 Å². The summed E-state index contributed by atoms with van der Waals surface area (Å²) in [6, 6.07) is 0.572. The van der Waals surface area contributed by atoms with Gasteiger partial charge in [-0.3, -0.25) is 9.69 Å². The van der Waals surface area contributed by atoms with Gasteiger partial charge in [0.15, 0.2) is 0 Å². The highest BCUT2D eigenvalue weighted by Crippen LogP contribution is 2.19. The van der Waals surface area contributed by atoms with Crippen molar-refractivity contribution in [3.8, 4) is 0 Å². The van der Waals surface area contributed by atoms with E-state index in [2.05, 4.69) is 17.1 Å². The molecule has 1 aliphatic rings. The summed E-state index contributed by atoms with van der Waals surface area (Å²) in [6.07, 6.45) is 2.45. The first-order valence-corrected chi connectivity index (χ1v) is 5.78. The molecule has 0 aromatic rings. The Morgan fingerprint density at radius 3 is 2.73 bits per heavy atom. The van der Waals surface area contributed by atoms with Crippen molar-refractivity contribution in [3.05, 3.63) is 0 Å². The van der Waals surface area contributed by atoms with Crippen LogP contribution in [0.1, 0.15) is 33.6 Å². The van der Waals surface area contributed by atoms with Gasteiger partial charge in [0, 0.05) is 12.6 Å². The molecule has 1 heterocycles. The maximum Gasteiger partial charge on any atom is 0.238 e. The maximum absolute atomic E-state index is 11.4. The SMILES string of the molecule is CCNC(C)(CN1CCCC1C)C(N)=O. The van der Waals surface area contributed by atoms with E-state index < -0.39 is 5.54 Å². The molecule has 1 fully saturated rings. The third kappa shape index (κ3) is 2.92. The van der Waals surface area contributed by atoms with E-state index in [0.717, 1.165) is 19.6 Å². The number of carbonyl (C=O) groups is 1. The molecule has 4 heteroatoms. The lowest BCUT2D eigenvalue weighted by Crippen LogP contribution is -2.59. The van der Waals surface area contributed by atoms with Gasteiger partial charge in [0.2, 0.25) is 5.91 Å². The molecule has 2 atom stereocenters. The molecule has 1 amide bonds. The van der Waals surface area contributed by atoms with E-state index in [-0.39, 0.29) is 5.91 Å². The summed E-state index contributed by atoms with van der Waals surface area (Å²) in [5, 5.41) is 3.19. The molecule has 0 bridgehead atoms. The van der Waals surface area contributed by atoms with Crippen LogP contribution in [-0.2, 0) is 4.79 Å². The lowest BCUT2D eigenvalue weighted by Gasteiger charge is -2.33. The highest BCUT2D eigenvalue weighted by atomic mass is 16.1. The summed E-state index contributed by atoms with van der Waals surface area (Å²) >= 11 is 0. The quantitative estimate of drug-likeness (QED) is 0.691. The normalized spacial score (nSPS) is 26.5. The van der Waals surface area contributed by atoms with E-state index in [1.807, 2.05) is 13.8 Å². The van der Waals surface area contributed by atoms with Crippen molar-refractivity contribution in [1.82, 2.24) is 10.2 Å². The predicted octanol–water partition coefficient (Wildman–Crippen LogP) is 0.324. The Bertz CT molecular complexity index is 232. The Hall–Kier alpha value is -0.610. The number of carbonyl (C=O) groups excluding carboxylic acids is 1. The van der Waals surface area contributed by atoms with Gasteiger partial charge in [0.25, 0.3) is 0 Å². The molecule has 0 aliphatic carbocycles. The molecule has 15 heavy (non-hydrogen) atoms. The second-order valence-corrected chi connectivity index (χ2v) is 4.69. The van der Waals surface area contributed by atoms with Crippen molar-refractivity contribution < 1.29 is 4.79 Å². The molecular formula is C11H23N3O. The molecule has 1 aliphatic heterocycles. The van der Waals surface area contributed by atoms with E-state index in [0.29, 0.717) is 6.04 Å². The van der Waals surface area contributed by atoms with Gasteiger partial charge in [-0.2, -0.15) is 0 Å². The van der Waals surface area contributed by atoms with Crippen LogP contribution in [0, 0.1) is 0 Å². The number of nitrogens with two attached hydrogens (primary N) is 1. The van der Waals surface area contributed by atoms with Crippen LogP contribution in [0.25, 0.3) is 0 Å². The number of primary amides is 1. The molecule has 4 nitrogen and oxygen atoms in total. The minimum Gasteiger partial charge on any atom is -0.368 e. The van der Waals surface area contributed by atoms with Crippen LogP contribution in [0.3, 0.4) is 0 Å². The average molecular weight is 213 g/mol. The molecule has 3 N–H and O–H groups in total. The number of rotatable bonds is 5. The third-order valence-corrected chi connectivity index (χ3v) is 3.32. The minimum atomic E-state index is -0.590. The Morgan fingerprint density at radius 2 is 2.33 bits per heavy atom. The van der Waals surface area contributed by atoms with Crippen molar-refractivity contribution in [2.75, 3.05) is 19.6 Å².